The normalized spacial score (nSPS) is 27.7. The summed E-state index contributed by atoms with van der Waals surface area (Å²) < 4.78 is 0. The van der Waals surface area contributed by atoms with Gasteiger partial charge in [0.25, 0.3) is 0 Å². The maximum Gasteiger partial charge on any atom is 0.0170 e. The fourth-order valence-corrected chi connectivity index (χ4v) is 3.97. The molecule has 0 saturated heterocycles. The van der Waals surface area contributed by atoms with Crippen molar-refractivity contribution in [1.82, 2.24) is 5.32 Å². The van der Waals surface area contributed by atoms with E-state index in [1.807, 2.05) is 0 Å². The van der Waals surface area contributed by atoms with E-state index >= 15 is 0 Å². The predicted molar refractivity (Wildman–Crippen MR) is 82.3 cm³/mol. The van der Waals surface area contributed by atoms with Gasteiger partial charge in [0.05, 0.1) is 0 Å². The summed E-state index contributed by atoms with van der Waals surface area (Å²) in [5.74, 6) is 1.83. The molecule has 0 heterocycles. The molecule has 0 bridgehead atoms. The molecule has 0 aromatic rings. The molecule has 3 saturated carbocycles. The number of hydrogen-bond acceptors (Lipinski definition) is 1. The molecule has 19 heavy (non-hydrogen) atoms. The minimum Gasteiger partial charge on any atom is -0.310 e. The molecule has 1 nitrogen and oxygen atoms in total. The third kappa shape index (κ3) is 4.34. The first-order valence-electron chi connectivity index (χ1n) is 8.86. The summed E-state index contributed by atoms with van der Waals surface area (Å²) in [7, 11) is 0. The second kappa shape index (κ2) is 6.92. The van der Waals surface area contributed by atoms with Crippen LogP contribution in [0, 0.1) is 11.8 Å². The van der Waals surface area contributed by atoms with Gasteiger partial charge in [-0.05, 0) is 50.4 Å². The van der Waals surface area contributed by atoms with E-state index in [1.54, 1.807) is 5.57 Å². The maximum atomic E-state index is 3.78. The van der Waals surface area contributed by atoms with Crippen LogP contribution in [0.4, 0.5) is 0 Å². The van der Waals surface area contributed by atoms with Crippen LogP contribution in [0.3, 0.4) is 0 Å². The van der Waals surface area contributed by atoms with Gasteiger partial charge in [0.15, 0.2) is 0 Å². The molecule has 3 fully saturated rings. The van der Waals surface area contributed by atoms with E-state index in [1.165, 1.54) is 83.6 Å². The van der Waals surface area contributed by atoms with Crippen LogP contribution in [0.25, 0.3) is 0 Å². The van der Waals surface area contributed by atoms with E-state index in [2.05, 4.69) is 11.4 Å². The number of allylic oxidation sites excluding steroid dienone is 1. The Bertz CT molecular complexity index is 291. The highest BCUT2D eigenvalue weighted by atomic mass is 14.9. The summed E-state index contributed by atoms with van der Waals surface area (Å²) in [6, 6.07) is 0.860. The van der Waals surface area contributed by atoms with Crippen LogP contribution in [0.5, 0.6) is 0 Å². The zero-order valence-electron chi connectivity index (χ0n) is 12.5. The number of nitrogens with one attached hydrogen (secondary N) is 1. The zero-order valence-corrected chi connectivity index (χ0v) is 12.5. The largest absolute Gasteiger partial charge is 0.310 e. The van der Waals surface area contributed by atoms with Crippen molar-refractivity contribution < 1.29 is 0 Å². The Hall–Kier alpha value is -0.300. The maximum absolute atomic E-state index is 3.78. The summed E-state index contributed by atoms with van der Waals surface area (Å²) in [4.78, 5) is 0. The van der Waals surface area contributed by atoms with Crippen LogP contribution >= 0.6 is 0 Å². The van der Waals surface area contributed by atoms with Crippen LogP contribution in [0.15, 0.2) is 11.6 Å². The third-order valence-electron chi connectivity index (χ3n) is 5.40. The van der Waals surface area contributed by atoms with Gasteiger partial charge in [0.2, 0.25) is 0 Å². The SMILES string of the molecule is C(=C(CNC1CC1)C1CCCCC1)C1CCCCC1. The van der Waals surface area contributed by atoms with Crippen LogP contribution < -0.4 is 5.32 Å². The van der Waals surface area contributed by atoms with E-state index in [9.17, 15) is 0 Å². The Labute approximate surface area is 119 Å². The lowest BCUT2D eigenvalue weighted by Gasteiger charge is -2.27. The zero-order chi connectivity index (χ0) is 12.9. The molecule has 0 aliphatic heterocycles. The van der Waals surface area contributed by atoms with Crippen molar-refractivity contribution in [1.29, 1.82) is 0 Å². The monoisotopic (exact) mass is 261 g/mol. The van der Waals surface area contributed by atoms with Gasteiger partial charge >= 0.3 is 0 Å². The molecule has 0 spiro atoms. The highest BCUT2D eigenvalue weighted by Gasteiger charge is 2.24. The smallest absolute Gasteiger partial charge is 0.0170 e. The average Bonchev–Trinajstić information content (AvgIpc) is 3.30. The van der Waals surface area contributed by atoms with E-state index < -0.39 is 0 Å². The van der Waals surface area contributed by atoms with Crippen molar-refractivity contribution in [3.05, 3.63) is 11.6 Å². The fraction of sp³-hybridized carbons (Fsp3) is 0.889. The molecule has 0 aromatic carbocycles. The molecule has 3 rings (SSSR count). The molecule has 0 amide bonds. The summed E-state index contributed by atoms with van der Waals surface area (Å²) >= 11 is 0. The van der Waals surface area contributed by atoms with Crippen molar-refractivity contribution >= 4 is 0 Å². The lowest BCUT2D eigenvalue weighted by Crippen LogP contribution is -2.25. The quantitative estimate of drug-likeness (QED) is 0.699. The lowest BCUT2D eigenvalue weighted by molar-refractivity contribution is 0.380. The molecule has 108 valence electrons. The molecule has 3 aliphatic carbocycles. The van der Waals surface area contributed by atoms with Gasteiger partial charge in [-0.25, -0.2) is 0 Å². The molecule has 0 aromatic heterocycles. The Morgan fingerprint density at radius 1 is 0.789 bits per heavy atom. The van der Waals surface area contributed by atoms with Crippen LogP contribution in [-0.2, 0) is 0 Å². The topological polar surface area (TPSA) is 12.0 Å². The van der Waals surface area contributed by atoms with E-state index in [0.717, 1.165) is 17.9 Å². The van der Waals surface area contributed by atoms with Crippen molar-refractivity contribution in [2.45, 2.75) is 83.1 Å². The highest BCUT2D eigenvalue weighted by Crippen LogP contribution is 2.33. The molecule has 3 aliphatic rings. The summed E-state index contributed by atoms with van der Waals surface area (Å²) in [6.07, 6.45) is 20.2. The van der Waals surface area contributed by atoms with Gasteiger partial charge in [-0.2, -0.15) is 0 Å². The van der Waals surface area contributed by atoms with Gasteiger partial charge in [0.1, 0.15) is 0 Å². The second-order valence-electron chi connectivity index (χ2n) is 7.13. The van der Waals surface area contributed by atoms with E-state index in [-0.39, 0.29) is 0 Å². The minimum atomic E-state index is 0.860. The van der Waals surface area contributed by atoms with Crippen molar-refractivity contribution in [3.8, 4) is 0 Å². The minimum absolute atomic E-state index is 0.860. The predicted octanol–water partition coefficient (Wildman–Crippen LogP) is 4.83. The average molecular weight is 261 g/mol. The van der Waals surface area contributed by atoms with Crippen LogP contribution in [-0.4, -0.2) is 12.6 Å². The molecule has 1 N–H and O–H groups in total. The van der Waals surface area contributed by atoms with Crippen molar-refractivity contribution in [3.63, 3.8) is 0 Å². The molecular weight excluding hydrogens is 230 g/mol. The summed E-state index contributed by atoms with van der Waals surface area (Å²) in [5.41, 5.74) is 1.79. The van der Waals surface area contributed by atoms with Gasteiger partial charge in [0, 0.05) is 12.6 Å². The van der Waals surface area contributed by atoms with Crippen molar-refractivity contribution in [2.75, 3.05) is 6.54 Å². The van der Waals surface area contributed by atoms with Crippen LogP contribution in [0.2, 0.25) is 0 Å². The Kier molecular flexibility index (Phi) is 4.98. The third-order valence-corrected chi connectivity index (χ3v) is 5.40. The van der Waals surface area contributed by atoms with Gasteiger partial charge in [-0.1, -0.05) is 50.2 Å². The number of rotatable bonds is 5. The van der Waals surface area contributed by atoms with E-state index in [4.69, 9.17) is 0 Å². The molecule has 1 heteroatoms. The Morgan fingerprint density at radius 3 is 2.05 bits per heavy atom. The fourth-order valence-electron chi connectivity index (χ4n) is 3.97. The molecule has 0 radical (unpaired) electrons. The first kappa shape index (κ1) is 13.7. The molecular formula is C18H31N. The van der Waals surface area contributed by atoms with E-state index in [0.29, 0.717) is 0 Å². The van der Waals surface area contributed by atoms with Crippen LogP contribution in [0.1, 0.15) is 77.0 Å². The molecule has 0 atom stereocenters. The Morgan fingerprint density at radius 2 is 1.42 bits per heavy atom. The highest BCUT2D eigenvalue weighted by molar-refractivity contribution is 5.12. The summed E-state index contributed by atoms with van der Waals surface area (Å²) in [6.45, 7) is 1.20. The number of hydrogen-bond donors (Lipinski definition) is 1. The van der Waals surface area contributed by atoms with Gasteiger partial charge in [-0.3, -0.25) is 0 Å². The standard InChI is InChI=1S/C18H31N/c1-3-7-15(8-4-1)13-17(14-19-18-11-12-18)16-9-5-2-6-10-16/h13,15-16,18-19H,1-12,14H2. The first-order chi connectivity index (χ1) is 9.42. The molecule has 0 unspecified atom stereocenters. The lowest BCUT2D eigenvalue weighted by atomic mass is 9.80. The second-order valence-corrected chi connectivity index (χ2v) is 7.13. The van der Waals surface area contributed by atoms with Gasteiger partial charge < -0.3 is 5.32 Å². The van der Waals surface area contributed by atoms with Crippen molar-refractivity contribution in [2.24, 2.45) is 11.8 Å². The van der Waals surface area contributed by atoms with Gasteiger partial charge in [-0.15, -0.1) is 0 Å². The first-order valence-corrected chi connectivity index (χ1v) is 8.86. The Balaban J connectivity index is 1.60. The summed E-state index contributed by atoms with van der Waals surface area (Å²) in [5, 5.41) is 3.78.